The van der Waals surface area contributed by atoms with E-state index in [9.17, 15) is 0 Å². The lowest BCUT2D eigenvalue weighted by molar-refractivity contribution is 0.0606. The first-order chi connectivity index (χ1) is 9.31. The molecule has 19 heavy (non-hydrogen) atoms. The third-order valence-corrected chi connectivity index (χ3v) is 4.51. The molecule has 1 unspecified atom stereocenters. The predicted octanol–water partition coefficient (Wildman–Crippen LogP) is 3.23. The van der Waals surface area contributed by atoms with Crippen LogP contribution >= 0.6 is 0 Å². The summed E-state index contributed by atoms with van der Waals surface area (Å²) in [7, 11) is 1.72. The second-order valence-corrected chi connectivity index (χ2v) is 5.75. The maximum Gasteiger partial charge on any atom is 0.0700 e. The summed E-state index contributed by atoms with van der Waals surface area (Å²) in [6, 6.07) is 0.644. The highest BCUT2D eigenvalue weighted by molar-refractivity contribution is 4.81. The molecule has 0 aromatic rings. The summed E-state index contributed by atoms with van der Waals surface area (Å²) in [4.78, 5) is 0. The second-order valence-electron chi connectivity index (χ2n) is 5.75. The normalized spacial score (nSPS) is 25.4. The Morgan fingerprint density at radius 1 is 1.05 bits per heavy atom. The first-order valence-corrected chi connectivity index (χ1v) is 8.11. The summed E-state index contributed by atoms with van der Waals surface area (Å²) in [5.41, 5.74) is 0. The SMILES string of the molecule is CCNC(CCOCCOC)C1CCC(CC)CC1. The summed E-state index contributed by atoms with van der Waals surface area (Å²) >= 11 is 0. The third-order valence-electron chi connectivity index (χ3n) is 4.51. The average Bonchev–Trinajstić information content (AvgIpc) is 2.46. The van der Waals surface area contributed by atoms with Crippen molar-refractivity contribution in [2.45, 2.75) is 58.4 Å². The zero-order valence-electron chi connectivity index (χ0n) is 13.1. The standard InChI is InChI=1S/C16H33NO2/c1-4-14-6-8-15(9-7-14)16(17-5-2)10-11-19-13-12-18-3/h14-17H,4-13H2,1-3H3. The van der Waals surface area contributed by atoms with Crippen molar-refractivity contribution in [3.63, 3.8) is 0 Å². The van der Waals surface area contributed by atoms with Gasteiger partial charge in [0, 0.05) is 19.8 Å². The quantitative estimate of drug-likeness (QED) is 0.619. The summed E-state index contributed by atoms with van der Waals surface area (Å²) < 4.78 is 10.6. The van der Waals surface area contributed by atoms with E-state index in [4.69, 9.17) is 9.47 Å². The van der Waals surface area contributed by atoms with E-state index in [1.54, 1.807) is 7.11 Å². The van der Waals surface area contributed by atoms with Gasteiger partial charge in [-0.05, 0) is 37.6 Å². The lowest BCUT2D eigenvalue weighted by Crippen LogP contribution is -2.39. The van der Waals surface area contributed by atoms with Crippen molar-refractivity contribution < 1.29 is 9.47 Å². The van der Waals surface area contributed by atoms with E-state index >= 15 is 0 Å². The number of ether oxygens (including phenoxy) is 2. The maximum atomic E-state index is 5.62. The van der Waals surface area contributed by atoms with E-state index in [1.807, 2.05) is 0 Å². The highest BCUT2D eigenvalue weighted by Crippen LogP contribution is 2.33. The van der Waals surface area contributed by atoms with Crippen molar-refractivity contribution >= 4 is 0 Å². The Hall–Kier alpha value is -0.120. The summed E-state index contributed by atoms with van der Waals surface area (Å²) in [6.07, 6.45) is 8.14. The summed E-state index contributed by atoms with van der Waals surface area (Å²) in [5.74, 6) is 1.84. The van der Waals surface area contributed by atoms with Crippen LogP contribution in [0.25, 0.3) is 0 Å². The molecule has 1 aliphatic carbocycles. The first-order valence-electron chi connectivity index (χ1n) is 8.11. The molecule has 0 heterocycles. The van der Waals surface area contributed by atoms with Crippen LogP contribution in [0.4, 0.5) is 0 Å². The second kappa shape index (κ2) is 10.6. The predicted molar refractivity (Wildman–Crippen MR) is 80.5 cm³/mol. The Morgan fingerprint density at radius 3 is 2.37 bits per heavy atom. The van der Waals surface area contributed by atoms with Gasteiger partial charge in [-0.2, -0.15) is 0 Å². The van der Waals surface area contributed by atoms with Gasteiger partial charge in [0.25, 0.3) is 0 Å². The minimum atomic E-state index is 0.644. The summed E-state index contributed by atoms with van der Waals surface area (Å²) in [6.45, 7) is 7.88. The van der Waals surface area contributed by atoms with E-state index in [1.165, 1.54) is 32.1 Å². The Kier molecular flexibility index (Phi) is 9.48. The van der Waals surface area contributed by atoms with Crippen LogP contribution in [0.2, 0.25) is 0 Å². The van der Waals surface area contributed by atoms with Crippen LogP contribution in [-0.4, -0.2) is 39.5 Å². The number of rotatable bonds is 10. The molecule has 1 rings (SSSR count). The third kappa shape index (κ3) is 6.73. The largest absolute Gasteiger partial charge is 0.382 e. The fourth-order valence-corrected chi connectivity index (χ4v) is 3.22. The average molecular weight is 271 g/mol. The van der Waals surface area contributed by atoms with Crippen molar-refractivity contribution in [2.75, 3.05) is 33.5 Å². The lowest BCUT2D eigenvalue weighted by atomic mass is 9.77. The lowest BCUT2D eigenvalue weighted by Gasteiger charge is -2.34. The molecule has 0 spiro atoms. The van der Waals surface area contributed by atoms with E-state index in [0.29, 0.717) is 12.6 Å². The van der Waals surface area contributed by atoms with E-state index in [0.717, 1.165) is 38.0 Å². The van der Waals surface area contributed by atoms with Gasteiger partial charge in [-0.25, -0.2) is 0 Å². The van der Waals surface area contributed by atoms with E-state index < -0.39 is 0 Å². The fraction of sp³-hybridized carbons (Fsp3) is 1.00. The Labute approximate surface area is 119 Å². The monoisotopic (exact) mass is 271 g/mol. The van der Waals surface area contributed by atoms with Crippen molar-refractivity contribution in [3.05, 3.63) is 0 Å². The number of hydrogen-bond acceptors (Lipinski definition) is 3. The molecule has 114 valence electrons. The smallest absolute Gasteiger partial charge is 0.0700 e. The molecule has 0 saturated heterocycles. The molecule has 1 N–H and O–H groups in total. The fourth-order valence-electron chi connectivity index (χ4n) is 3.22. The van der Waals surface area contributed by atoms with Gasteiger partial charge in [0.15, 0.2) is 0 Å². The molecule has 0 aromatic heterocycles. The Morgan fingerprint density at radius 2 is 1.79 bits per heavy atom. The van der Waals surface area contributed by atoms with Crippen molar-refractivity contribution in [1.29, 1.82) is 0 Å². The molecule has 0 aliphatic heterocycles. The minimum absolute atomic E-state index is 0.644. The Balaban J connectivity index is 2.23. The van der Waals surface area contributed by atoms with E-state index in [2.05, 4.69) is 19.2 Å². The van der Waals surface area contributed by atoms with Crippen LogP contribution in [0.1, 0.15) is 52.4 Å². The topological polar surface area (TPSA) is 30.5 Å². The van der Waals surface area contributed by atoms with Crippen LogP contribution in [0.5, 0.6) is 0 Å². The molecule has 1 fully saturated rings. The van der Waals surface area contributed by atoms with Gasteiger partial charge < -0.3 is 14.8 Å². The van der Waals surface area contributed by atoms with Gasteiger partial charge in [0.2, 0.25) is 0 Å². The van der Waals surface area contributed by atoms with Crippen LogP contribution in [0.3, 0.4) is 0 Å². The van der Waals surface area contributed by atoms with Crippen molar-refractivity contribution in [2.24, 2.45) is 11.8 Å². The molecule has 1 saturated carbocycles. The van der Waals surface area contributed by atoms with E-state index in [-0.39, 0.29) is 0 Å². The van der Waals surface area contributed by atoms with Crippen LogP contribution in [0, 0.1) is 11.8 Å². The molecule has 0 aromatic carbocycles. The molecule has 1 aliphatic rings. The number of methoxy groups -OCH3 is 1. The molecule has 1 atom stereocenters. The highest BCUT2D eigenvalue weighted by atomic mass is 16.5. The molecule has 0 radical (unpaired) electrons. The van der Waals surface area contributed by atoms with Gasteiger partial charge in [-0.3, -0.25) is 0 Å². The van der Waals surface area contributed by atoms with Gasteiger partial charge in [-0.1, -0.05) is 33.1 Å². The van der Waals surface area contributed by atoms with Crippen molar-refractivity contribution in [1.82, 2.24) is 5.32 Å². The molecular weight excluding hydrogens is 238 g/mol. The van der Waals surface area contributed by atoms with Gasteiger partial charge in [0.1, 0.15) is 0 Å². The van der Waals surface area contributed by atoms with Crippen LogP contribution in [-0.2, 0) is 9.47 Å². The molecular formula is C16H33NO2. The number of nitrogens with one attached hydrogen (secondary N) is 1. The summed E-state index contributed by atoms with van der Waals surface area (Å²) in [5, 5.41) is 3.66. The zero-order chi connectivity index (χ0) is 13.9. The van der Waals surface area contributed by atoms with Crippen molar-refractivity contribution in [3.8, 4) is 0 Å². The molecule has 3 nitrogen and oxygen atoms in total. The minimum Gasteiger partial charge on any atom is -0.382 e. The van der Waals surface area contributed by atoms with Gasteiger partial charge in [0.05, 0.1) is 13.2 Å². The maximum absolute atomic E-state index is 5.62. The molecule has 3 heteroatoms. The molecule has 0 amide bonds. The highest BCUT2D eigenvalue weighted by Gasteiger charge is 2.26. The first kappa shape index (κ1) is 16.9. The number of hydrogen-bond donors (Lipinski definition) is 1. The van der Waals surface area contributed by atoms with Gasteiger partial charge in [-0.15, -0.1) is 0 Å². The zero-order valence-corrected chi connectivity index (χ0v) is 13.1. The van der Waals surface area contributed by atoms with Crippen LogP contribution < -0.4 is 5.32 Å². The van der Waals surface area contributed by atoms with Crippen LogP contribution in [0.15, 0.2) is 0 Å². The van der Waals surface area contributed by atoms with Gasteiger partial charge >= 0.3 is 0 Å². The Bertz CT molecular complexity index is 203. The molecule has 0 bridgehead atoms.